The van der Waals surface area contributed by atoms with Crippen LogP contribution in [0, 0.1) is 19.8 Å². The summed E-state index contributed by atoms with van der Waals surface area (Å²) >= 11 is 0. The zero-order chi connectivity index (χ0) is 22.0. The van der Waals surface area contributed by atoms with Crippen molar-refractivity contribution in [3.05, 3.63) is 17.0 Å². The van der Waals surface area contributed by atoms with Crippen molar-refractivity contribution in [2.75, 3.05) is 25.4 Å². The zero-order valence-corrected chi connectivity index (χ0v) is 18.0. The molecule has 0 aliphatic carbocycles. The van der Waals surface area contributed by atoms with E-state index in [2.05, 4.69) is 10.4 Å². The van der Waals surface area contributed by atoms with E-state index in [-0.39, 0.29) is 17.6 Å². The monoisotopic (exact) mass is 438 g/mol. The first-order valence-electron chi connectivity index (χ1n) is 9.72. The van der Waals surface area contributed by atoms with Gasteiger partial charge in [-0.3, -0.25) is 9.48 Å². The molecule has 1 N–H and O–H groups in total. The second-order valence-corrected chi connectivity index (χ2v) is 9.82. The topological polar surface area (TPSA) is 84.3 Å². The van der Waals surface area contributed by atoms with Crippen LogP contribution in [-0.4, -0.2) is 60.0 Å². The Bertz CT molecular complexity index is 828. The fourth-order valence-corrected chi connectivity index (χ4v) is 4.90. The van der Waals surface area contributed by atoms with E-state index in [1.54, 1.807) is 20.8 Å². The van der Waals surface area contributed by atoms with Crippen molar-refractivity contribution < 1.29 is 26.4 Å². The molecule has 166 valence electrons. The van der Waals surface area contributed by atoms with Gasteiger partial charge in [0.1, 0.15) is 6.54 Å². The van der Waals surface area contributed by atoms with Gasteiger partial charge in [-0.15, -0.1) is 0 Å². The van der Waals surface area contributed by atoms with Gasteiger partial charge in [0, 0.05) is 30.9 Å². The molecule has 1 aromatic heterocycles. The van der Waals surface area contributed by atoms with Gasteiger partial charge in [0.25, 0.3) is 0 Å². The average Bonchev–Trinajstić information content (AvgIpc) is 2.91. The summed E-state index contributed by atoms with van der Waals surface area (Å²) in [6.07, 6.45) is -3.06. The molecule has 0 aromatic carbocycles. The Morgan fingerprint density at radius 3 is 2.38 bits per heavy atom. The lowest BCUT2D eigenvalue weighted by atomic mass is 9.96. The molecule has 0 spiro atoms. The summed E-state index contributed by atoms with van der Waals surface area (Å²) in [6.45, 7) is 6.51. The number of aromatic nitrogens is 2. The SMILES string of the molecule is CCS(=O)(=O)N1CCC(CNC(=O)C(C)c2c(C)nn(CC(F)(F)F)c2C)CC1. The van der Waals surface area contributed by atoms with Gasteiger partial charge in [0.15, 0.2) is 0 Å². The standard InChI is InChI=1S/C18H29F3N4O3S/c1-5-29(27,28)24-8-6-15(7-9-24)10-22-17(26)12(2)16-13(3)23-25(14(16)4)11-18(19,20)21/h12,15H,5-11H2,1-4H3,(H,22,26). The van der Waals surface area contributed by atoms with E-state index in [1.165, 1.54) is 11.2 Å². The van der Waals surface area contributed by atoms with Gasteiger partial charge in [0.05, 0.1) is 17.4 Å². The number of alkyl halides is 3. The first-order valence-corrected chi connectivity index (χ1v) is 11.3. The minimum absolute atomic E-state index is 0.0760. The number of sulfonamides is 1. The van der Waals surface area contributed by atoms with E-state index in [0.29, 0.717) is 49.4 Å². The Morgan fingerprint density at radius 1 is 1.28 bits per heavy atom. The summed E-state index contributed by atoms with van der Waals surface area (Å²) in [7, 11) is -3.19. The number of aryl methyl sites for hydroxylation is 1. The second kappa shape index (κ2) is 9.03. The van der Waals surface area contributed by atoms with Crippen LogP contribution in [0.5, 0.6) is 0 Å². The molecule has 1 unspecified atom stereocenters. The van der Waals surface area contributed by atoms with Crippen molar-refractivity contribution >= 4 is 15.9 Å². The van der Waals surface area contributed by atoms with E-state index < -0.39 is 28.7 Å². The molecule has 7 nitrogen and oxygen atoms in total. The molecule has 1 amide bonds. The summed E-state index contributed by atoms with van der Waals surface area (Å²) in [4.78, 5) is 12.6. The molecule has 0 bridgehead atoms. The van der Waals surface area contributed by atoms with Gasteiger partial charge >= 0.3 is 6.18 Å². The number of hydrogen-bond acceptors (Lipinski definition) is 4. The first-order chi connectivity index (χ1) is 13.4. The maximum absolute atomic E-state index is 12.7. The number of rotatable bonds is 7. The average molecular weight is 439 g/mol. The molecule has 29 heavy (non-hydrogen) atoms. The largest absolute Gasteiger partial charge is 0.408 e. The molecule has 11 heteroatoms. The van der Waals surface area contributed by atoms with Gasteiger partial charge in [0.2, 0.25) is 15.9 Å². The molecule has 2 heterocycles. The predicted octanol–water partition coefficient (Wildman–Crippen LogP) is 2.34. The Morgan fingerprint density at radius 2 is 1.86 bits per heavy atom. The molecular weight excluding hydrogens is 409 g/mol. The summed E-state index contributed by atoms with van der Waals surface area (Å²) in [6, 6.07) is 0. The molecule has 1 atom stereocenters. The quantitative estimate of drug-likeness (QED) is 0.708. The highest BCUT2D eigenvalue weighted by molar-refractivity contribution is 7.89. The van der Waals surface area contributed by atoms with Crippen LogP contribution in [0.15, 0.2) is 0 Å². The van der Waals surface area contributed by atoms with Gasteiger partial charge in [-0.25, -0.2) is 12.7 Å². The number of carbonyl (C=O) groups excluding carboxylic acids is 1. The van der Waals surface area contributed by atoms with Crippen LogP contribution in [0.1, 0.15) is 49.6 Å². The van der Waals surface area contributed by atoms with E-state index in [9.17, 15) is 26.4 Å². The third-order valence-corrected chi connectivity index (χ3v) is 7.37. The van der Waals surface area contributed by atoms with Crippen molar-refractivity contribution in [3.8, 4) is 0 Å². The van der Waals surface area contributed by atoms with Gasteiger partial charge in [-0.2, -0.15) is 18.3 Å². The lowest BCUT2D eigenvalue weighted by Crippen LogP contribution is -2.42. The highest BCUT2D eigenvalue weighted by Crippen LogP contribution is 2.27. The van der Waals surface area contributed by atoms with Crippen LogP contribution < -0.4 is 5.32 Å². The van der Waals surface area contributed by atoms with Crippen LogP contribution >= 0.6 is 0 Å². The van der Waals surface area contributed by atoms with Crippen molar-refractivity contribution in [1.82, 2.24) is 19.4 Å². The lowest BCUT2D eigenvalue weighted by molar-refractivity contribution is -0.143. The number of hydrogen-bond donors (Lipinski definition) is 1. The fourth-order valence-electron chi connectivity index (χ4n) is 3.76. The van der Waals surface area contributed by atoms with Crippen LogP contribution in [-0.2, 0) is 21.4 Å². The second-order valence-electron chi connectivity index (χ2n) is 7.57. The van der Waals surface area contributed by atoms with Crippen molar-refractivity contribution in [2.24, 2.45) is 5.92 Å². The normalized spacial score (nSPS) is 18.0. The summed E-state index contributed by atoms with van der Waals surface area (Å²) in [5, 5.41) is 6.81. The molecule has 1 saturated heterocycles. The Labute approximate surface area is 169 Å². The van der Waals surface area contributed by atoms with E-state index in [0.717, 1.165) is 4.68 Å². The molecule has 2 rings (SSSR count). The third-order valence-electron chi connectivity index (χ3n) is 5.49. The predicted molar refractivity (Wildman–Crippen MR) is 103 cm³/mol. The smallest absolute Gasteiger partial charge is 0.355 e. The number of piperidine rings is 1. The van der Waals surface area contributed by atoms with Crippen LogP contribution in [0.3, 0.4) is 0 Å². The number of amides is 1. The van der Waals surface area contributed by atoms with Crippen molar-refractivity contribution in [3.63, 3.8) is 0 Å². The van der Waals surface area contributed by atoms with Crippen LogP contribution in [0.4, 0.5) is 13.2 Å². The molecule has 0 radical (unpaired) electrons. The molecule has 1 aromatic rings. The minimum Gasteiger partial charge on any atom is -0.355 e. The fraction of sp³-hybridized carbons (Fsp3) is 0.778. The highest BCUT2D eigenvalue weighted by Gasteiger charge is 2.32. The number of nitrogens with one attached hydrogen (secondary N) is 1. The maximum Gasteiger partial charge on any atom is 0.408 e. The van der Waals surface area contributed by atoms with E-state index in [1.807, 2.05) is 0 Å². The van der Waals surface area contributed by atoms with E-state index >= 15 is 0 Å². The first kappa shape index (κ1) is 23.7. The Kier molecular flexibility index (Phi) is 7.37. The number of nitrogens with zero attached hydrogens (tertiary/aromatic N) is 3. The summed E-state index contributed by atoms with van der Waals surface area (Å²) in [5.41, 5.74) is 1.25. The summed E-state index contributed by atoms with van der Waals surface area (Å²) < 4.78 is 64.3. The van der Waals surface area contributed by atoms with Gasteiger partial charge in [-0.1, -0.05) is 0 Å². The summed E-state index contributed by atoms with van der Waals surface area (Å²) in [5.74, 6) is -0.652. The van der Waals surface area contributed by atoms with Crippen molar-refractivity contribution in [1.29, 1.82) is 0 Å². The number of carbonyl (C=O) groups is 1. The van der Waals surface area contributed by atoms with E-state index in [4.69, 9.17) is 0 Å². The molecule has 1 aliphatic heterocycles. The van der Waals surface area contributed by atoms with Gasteiger partial charge in [-0.05, 0) is 46.5 Å². The van der Waals surface area contributed by atoms with Crippen molar-refractivity contribution in [2.45, 2.75) is 59.2 Å². The maximum atomic E-state index is 12.7. The third kappa shape index (κ3) is 5.94. The molecule has 0 saturated carbocycles. The molecular formula is C18H29F3N4O3S. The van der Waals surface area contributed by atoms with Crippen LogP contribution in [0.2, 0.25) is 0 Å². The van der Waals surface area contributed by atoms with Crippen LogP contribution in [0.25, 0.3) is 0 Å². The molecule has 1 fully saturated rings. The zero-order valence-electron chi connectivity index (χ0n) is 17.2. The Balaban J connectivity index is 1.94. The minimum atomic E-state index is -4.38. The Hall–Kier alpha value is -1.62. The number of halogens is 3. The van der Waals surface area contributed by atoms with Gasteiger partial charge < -0.3 is 5.32 Å². The lowest BCUT2D eigenvalue weighted by Gasteiger charge is -2.31. The molecule has 1 aliphatic rings. The highest BCUT2D eigenvalue weighted by atomic mass is 32.2.